The Morgan fingerprint density at radius 1 is 1.36 bits per heavy atom. The van der Waals surface area contributed by atoms with Crippen LogP contribution in [0.4, 0.5) is 0 Å². The predicted octanol–water partition coefficient (Wildman–Crippen LogP) is 2.74. The van der Waals surface area contributed by atoms with Crippen molar-refractivity contribution < 1.29 is 9.53 Å². The SMILES string of the molecule is CO[C@H](CCC(C)=O)c1ccccc1. The Labute approximate surface area is 84.9 Å². The van der Waals surface area contributed by atoms with E-state index in [1.54, 1.807) is 14.0 Å². The van der Waals surface area contributed by atoms with Crippen LogP contribution >= 0.6 is 0 Å². The van der Waals surface area contributed by atoms with Gasteiger partial charge in [-0.1, -0.05) is 30.3 Å². The molecule has 1 aromatic rings. The summed E-state index contributed by atoms with van der Waals surface area (Å²) in [7, 11) is 1.68. The molecule has 1 rings (SSSR count). The number of rotatable bonds is 5. The van der Waals surface area contributed by atoms with E-state index in [1.165, 1.54) is 0 Å². The highest BCUT2D eigenvalue weighted by atomic mass is 16.5. The fourth-order valence-electron chi connectivity index (χ4n) is 1.42. The van der Waals surface area contributed by atoms with Gasteiger partial charge in [-0.15, -0.1) is 0 Å². The van der Waals surface area contributed by atoms with Crippen molar-refractivity contribution in [2.45, 2.75) is 25.9 Å². The average molecular weight is 192 g/mol. The van der Waals surface area contributed by atoms with Gasteiger partial charge in [-0.2, -0.15) is 0 Å². The Morgan fingerprint density at radius 2 is 2.00 bits per heavy atom. The van der Waals surface area contributed by atoms with Crippen LogP contribution in [0.5, 0.6) is 0 Å². The summed E-state index contributed by atoms with van der Waals surface area (Å²) in [4.78, 5) is 10.8. The monoisotopic (exact) mass is 192 g/mol. The van der Waals surface area contributed by atoms with Crippen molar-refractivity contribution in [3.05, 3.63) is 35.9 Å². The quantitative estimate of drug-likeness (QED) is 0.717. The van der Waals surface area contributed by atoms with E-state index in [-0.39, 0.29) is 11.9 Å². The summed E-state index contributed by atoms with van der Waals surface area (Å²) in [6.45, 7) is 1.61. The molecular formula is C12H16O2. The van der Waals surface area contributed by atoms with Gasteiger partial charge in [-0.25, -0.2) is 0 Å². The van der Waals surface area contributed by atoms with E-state index in [0.29, 0.717) is 6.42 Å². The highest BCUT2D eigenvalue weighted by Gasteiger charge is 2.10. The maximum absolute atomic E-state index is 10.8. The first-order valence-electron chi connectivity index (χ1n) is 4.81. The molecule has 76 valence electrons. The lowest BCUT2D eigenvalue weighted by atomic mass is 10.0. The second-order valence-electron chi connectivity index (χ2n) is 3.38. The van der Waals surface area contributed by atoms with Crippen LogP contribution in [-0.2, 0) is 9.53 Å². The van der Waals surface area contributed by atoms with Crippen LogP contribution < -0.4 is 0 Å². The molecule has 0 aliphatic heterocycles. The van der Waals surface area contributed by atoms with Crippen LogP contribution in [0, 0.1) is 0 Å². The molecule has 0 spiro atoms. The van der Waals surface area contributed by atoms with Crippen LogP contribution in [0.15, 0.2) is 30.3 Å². The summed E-state index contributed by atoms with van der Waals surface area (Å²) in [5.74, 6) is 0.211. The topological polar surface area (TPSA) is 26.3 Å². The van der Waals surface area contributed by atoms with E-state index in [1.807, 2.05) is 30.3 Å². The van der Waals surface area contributed by atoms with Crippen molar-refractivity contribution in [1.29, 1.82) is 0 Å². The molecule has 14 heavy (non-hydrogen) atoms. The summed E-state index contributed by atoms with van der Waals surface area (Å²) < 4.78 is 5.33. The Bertz CT molecular complexity index is 280. The molecule has 0 N–H and O–H groups in total. The standard InChI is InChI=1S/C12H16O2/c1-10(13)8-9-12(14-2)11-6-4-3-5-7-11/h3-7,12H,8-9H2,1-2H3/t12-/m1/s1. The zero-order chi connectivity index (χ0) is 10.4. The third-order valence-electron chi connectivity index (χ3n) is 2.21. The van der Waals surface area contributed by atoms with Gasteiger partial charge in [0.1, 0.15) is 5.78 Å². The van der Waals surface area contributed by atoms with Gasteiger partial charge < -0.3 is 9.53 Å². The average Bonchev–Trinajstić information content (AvgIpc) is 2.20. The van der Waals surface area contributed by atoms with Gasteiger partial charge in [0.05, 0.1) is 6.10 Å². The maximum atomic E-state index is 10.8. The fourth-order valence-corrected chi connectivity index (χ4v) is 1.42. The van der Waals surface area contributed by atoms with E-state index >= 15 is 0 Å². The highest BCUT2D eigenvalue weighted by Crippen LogP contribution is 2.21. The molecule has 1 atom stereocenters. The number of methoxy groups -OCH3 is 1. The van der Waals surface area contributed by atoms with E-state index in [0.717, 1.165) is 12.0 Å². The minimum atomic E-state index is 0.0418. The molecule has 0 saturated heterocycles. The van der Waals surface area contributed by atoms with Crippen LogP contribution in [0.25, 0.3) is 0 Å². The van der Waals surface area contributed by atoms with E-state index in [2.05, 4.69) is 0 Å². The number of ether oxygens (including phenoxy) is 1. The highest BCUT2D eigenvalue weighted by molar-refractivity contribution is 5.75. The number of carbonyl (C=O) groups excluding carboxylic acids is 1. The smallest absolute Gasteiger partial charge is 0.129 e. The zero-order valence-corrected chi connectivity index (χ0v) is 8.69. The fraction of sp³-hybridized carbons (Fsp3) is 0.417. The molecule has 0 aromatic heterocycles. The van der Waals surface area contributed by atoms with Crippen molar-refractivity contribution in [2.24, 2.45) is 0 Å². The van der Waals surface area contributed by atoms with Gasteiger partial charge in [0.15, 0.2) is 0 Å². The summed E-state index contributed by atoms with van der Waals surface area (Å²) in [5.41, 5.74) is 1.14. The Balaban J connectivity index is 2.58. The van der Waals surface area contributed by atoms with Gasteiger partial charge in [0.2, 0.25) is 0 Å². The lowest BCUT2D eigenvalue weighted by Gasteiger charge is -2.14. The van der Waals surface area contributed by atoms with Gasteiger partial charge in [-0.3, -0.25) is 0 Å². The lowest BCUT2D eigenvalue weighted by Crippen LogP contribution is -2.03. The van der Waals surface area contributed by atoms with Crippen molar-refractivity contribution in [3.8, 4) is 0 Å². The first-order chi connectivity index (χ1) is 6.74. The number of carbonyl (C=O) groups is 1. The second-order valence-corrected chi connectivity index (χ2v) is 3.38. The summed E-state index contributed by atoms with van der Waals surface area (Å²) in [6, 6.07) is 9.98. The molecule has 0 heterocycles. The van der Waals surface area contributed by atoms with Crippen LogP contribution in [0.2, 0.25) is 0 Å². The number of benzene rings is 1. The summed E-state index contributed by atoms with van der Waals surface area (Å²) >= 11 is 0. The maximum Gasteiger partial charge on any atom is 0.129 e. The van der Waals surface area contributed by atoms with Crippen molar-refractivity contribution >= 4 is 5.78 Å². The Morgan fingerprint density at radius 3 is 2.50 bits per heavy atom. The molecule has 0 saturated carbocycles. The number of Topliss-reactive ketones (excluding diaryl/α,β-unsaturated/α-hetero) is 1. The second kappa shape index (κ2) is 5.55. The Hall–Kier alpha value is -1.15. The van der Waals surface area contributed by atoms with E-state index < -0.39 is 0 Å². The largest absolute Gasteiger partial charge is 0.377 e. The van der Waals surface area contributed by atoms with Crippen molar-refractivity contribution in [1.82, 2.24) is 0 Å². The number of ketones is 1. The van der Waals surface area contributed by atoms with Crippen LogP contribution in [0.3, 0.4) is 0 Å². The number of hydrogen-bond donors (Lipinski definition) is 0. The molecule has 0 fully saturated rings. The Kier molecular flexibility index (Phi) is 4.33. The predicted molar refractivity (Wildman–Crippen MR) is 56.1 cm³/mol. The zero-order valence-electron chi connectivity index (χ0n) is 8.69. The summed E-state index contributed by atoms with van der Waals surface area (Å²) in [5, 5.41) is 0. The van der Waals surface area contributed by atoms with Crippen molar-refractivity contribution in [2.75, 3.05) is 7.11 Å². The van der Waals surface area contributed by atoms with E-state index in [4.69, 9.17) is 4.74 Å². The van der Waals surface area contributed by atoms with Gasteiger partial charge >= 0.3 is 0 Å². The molecule has 2 nitrogen and oxygen atoms in total. The first-order valence-corrected chi connectivity index (χ1v) is 4.81. The molecule has 0 aliphatic carbocycles. The minimum absolute atomic E-state index is 0.0418. The molecule has 1 aromatic carbocycles. The third kappa shape index (κ3) is 3.30. The van der Waals surface area contributed by atoms with Crippen LogP contribution in [-0.4, -0.2) is 12.9 Å². The molecule has 0 unspecified atom stereocenters. The van der Waals surface area contributed by atoms with Crippen molar-refractivity contribution in [3.63, 3.8) is 0 Å². The van der Waals surface area contributed by atoms with Gasteiger partial charge in [-0.05, 0) is 18.9 Å². The lowest BCUT2D eigenvalue weighted by molar-refractivity contribution is -0.117. The molecule has 0 amide bonds. The molecular weight excluding hydrogens is 176 g/mol. The summed E-state index contributed by atoms with van der Waals surface area (Å²) in [6.07, 6.45) is 1.38. The van der Waals surface area contributed by atoms with Gasteiger partial charge in [0.25, 0.3) is 0 Å². The third-order valence-corrected chi connectivity index (χ3v) is 2.21. The molecule has 2 heteroatoms. The first kappa shape index (κ1) is 10.9. The minimum Gasteiger partial charge on any atom is -0.377 e. The van der Waals surface area contributed by atoms with Crippen LogP contribution in [0.1, 0.15) is 31.4 Å². The molecule has 0 aliphatic rings. The molecule has 0 bridgehead atoms. The number of hydrogen-bond acceptors (Lipinski definition) is 2. The van der Waals surface area contributed by atoms with Gasteiger partial charge in [0, 0.05) is 13.5 Å². The normalized spacial score (nSPS) is 12.4. The van der Waals surface area contributed by atoms with E-state index in [9.17, 15) is 4.79 Å². The molecule has 0 radical (unpaired) electrons.